The standard InChI is InChI=1S/C28H43N3O3/c1-4-16-29-17-14-22-10-11-25(19-23(22)15-18-29)31-26(12-13-27(32)34-21(2)3)20-30(28(31)33)24-8-6-5-7-9-24/h10-11,19,21,24,26H,4-9,12-18,20H2,1-3H3. The topological polar surface area (TPSA) is 53.1 Å². The van der Waals surface area contributed by atoms with Crippen LogP contribution in [-0.4, -0.2) is 66.2 Å². The molecule has 2 amide bonds. The molecule has 6 heteroatoms. The molecule has 2 heterocycles. The average molecular weight is 470 g/mol. The zero-order valence-electron chi connectivity index (χ0n) is 21.4. The molecule has 2 fully saturated rings. The van der Waals surface area contributed by atoms with Crippen LogP contribution in [-0.2, 0) is 22.4 Å². The van der Waals surface area contributed by atoms with Crippen molar-refractivity contribution in [3.63, 3.8) is 0 Å². The molecule has 0 spiro atoms. The molecular weight excluding hydrogens is 426 g/mol. The van der Waals surface area contributed by atoms with Gasteiger partial charge in [-0.2, -0.15) is 0 Å². The van der Waals surface area contributed by atoms with Crippen molar-refractivity contribution in [1.29, 1.82) is 0 Å². The number of benzene rings is 1. The van der Waals surface area contributed by atoms with Gasteiger partial charge in [0.05, 0.1) is 12.1 Å². The second kappa shape index (κ2) is 11.6. The van der Waals surface area contributed by atoms with E-state index in [0.717, 1.165) is 51.0 Å². The fourth-order valence-electron chi connectivity index (χ4n) is 5.97. The summed E-state index contributed by atoms with van der Waals surface area (Å²) in [5.74, 6) is -0.170. The van der Waals surface area contributed by atoms with Gasteiger partial charge in [0.15, 0.2) is 0 Å². The van der Waals surface area contributed by atoms with E-state index in [0.29, 0.717) is 25.4 Å². The van der Waals surface area contributed by atoms with Crippen LogP contribution in [0.2, 0.25) is 0 Å². The molecular formula is C28H43N3O3. The Labute approximate surface area is 205 Å². The van der Waals surface area contributed by atoms with E-state index in [1.54, 1.807) is 0 Å². The Morgan fingerprint density at radius 1 is 1.09 bits per heavy atom. The van der Waals surface area contributed by atoms with E-state index in [2.05, 4.69) is 34.9 Å². The average Bonchev–Trinajstić information content (AvgIpc) is 3.02. The molecule has 0 N–H and O–H groups in total. The first-order chi connectivity index (χ1) is 16.5. The van der Waals surface area contributed by atoms with Gasteiger partial charge in [0.1, 0.15) is 0 Å². The van der Waals surface area contributed by atoms with Gasteiger partial charge in [-0.3, -0.25) is 9.69 Å². The second-order valence-electron chi connectivity index (χ2n) is 10.6. The number of fused-ring (bicyclic) bond motifs is 1. The number of esters is 1. The van der Waals surface area contributed by atoms with Crippen molar-refractivity contribution in [2.45, 2.75) is 103 Å². The van der Waals surface area contributed by atoms with E-state index in [9.17, 15) is 9.59 Å². The number of hydrogen-bond donors (Lipinski definition) is 0. The highest BCUT2D eigenvalue weighted by Gasteiger charge is 2.41. The molecule has 1 unspecified atom stereocenters. The first-order valence-corrected chi connectivity index (χ1v) is 13.6. The van der Waals surface area contributed by atoms with E-state index in [4.69, 9.17) is 4.74 Å². The summed E-state index contributed by atoms with van der Waals surface area (Å²) in [4.78, 5) is 32.7. The molecule has 1 saturated carbocycles. The minimum Gasteiger partial charge on any atom is -0.463 e. The Bertz CT molecular complexity index is 849. The molecule has 1 aromatic rings. The number of nitrogens with zero attached hydrogens (tertiary/aromatic N) is 3. The molecule has 1 aromatic carbocycles. The van der Waals surface area contributed by atoms with Gasteiger partial charge in [0, 0.05) is 37.8 Å². The molecule has 2 aliphatic heterocycles. The molecule has 188 valence electrons. The Kier molecular flexibility index (Phi) is 8.51. The largest absolute Gasteiger partial charge is 0.463 e. The van der Waals surface area contributed by atoms with Crippen molar-refractivity contribution in [3.05, 3.63) is 29.3 Å². The summed E-state index contributed by atoms with van der Waals surface area (Å²) in [7, 11) is 0. The highest BCUT2D eigenvalue weighted by Crippen LogP contribution is 2.34. The lowest BCUT2D eigenvalue weighted by atomic mass is 9.94. The number of anilines is 1. The lowest BCUT2D eigenvalue weighted by Crippen LogP contribution is -2.40. The van der Waals surface area contributed by atoms with Crippen LogP contribution < -0.4 is 4.90 Å². The van der Waals surface area contributed by atoms with Gasteiger partial charge in [-0.15, -0.1) is 0 Å². The van der Waals surface area contributed by atoms with E-state index in [1.807, 2.05) is 18.7 Å². The van der Waals surface area contributed by atoms with Gasteiger partial charge < -0.3 is 14.5 Å². The monoisotopic (exact) mass is 469 g/mol. The lowest BCUT2D eigenvalue weighted by molar-refractivity contribution is -0.147. The van der Waals surface area contributed by atoms with Gasteiger partial charge in [-0.05, 0) is 82.2 Å². The summed E-state index contributed by atoms with van der Waals surface area (Å²) in [5, 5.41) is 0. The van der Waals surface area contributed by atoms with E-state index >= 15 is 0 Å². The van der Waals surface area contributed by atoms with E-state index < -0.39 is 0 Å². The molecule has 0 aromatic heterocycles. The van der Waals surface area contributed by atoms with Gasteiger partial charge in [-0.25, -0.2) is 4.79 Å². The first-order valence-electron chi connectivity index (χ1n) is 13.6. The first kappa shape index (κ1) is 25.0. The zero-order valence-corrected chi connectivity index (χ0v) is 21.4. The van der Waals surface area contributed by atoms with Crippen LogP contribution in [0.15, 0.2) is 18.2 Å². The maximum atomic E-state index is 13.7. The van der Waals surface area contributed by atoms with Gasteiger partial charge in [0.25, 0.3) is 0 Å². The van der Waals surface area contributed by atoms with Crippen LogP contribution in [0, 0.1) is 0 Å². The van der Waals surface area contributed by atoms with Crippen LogP contribution >= 0.6 is 0 Å². The smallest absolute Gasteiger partial charge is 0.325 e. The summed E-state index contributed by atoms with van der Waals surface area (Å²) in [6.07, 6.45) is 10.0. The number of ether oxygens (including phenoxy) is 1. The molecule has 1 aliphatic carbocycles. The SMILES string of the molecule is CCCN1CCc2ccc(N3C(=O)N(C4CCCCC4)CC3CCC(=O)OC(C)C)cc2CC1. The minimum atomic E-state index is -0.170. The number of urea groups is 1. The number of hydrogen-bond acceptors (Lipinski definition) is 4. The molecule has 1 saturated heterocycles. The van der Waals surface area contributed by atoms with Gasteiger partial charge >= 0.3 is 12.0 Å². The normalized spacial score (nSPS) is 22.2. The van der Waals surface area contributed by atoms with Crippen molar-refractivity contribution in [3.8, 4) is 0 Å². The van der Waals surface area contributed by atoms with Crippen LogP contribution in [0.1, 0.15) is 83.3 Å². The number of carbonyl (C=O) groups excluding carboxylic acids is 2. The van der Waals surface area contributed by atoms with Crippen LogP contribution in [0.5, 0.6) is 0 Å². The van der Waals surface area contributed by atoms with Crippen molar-refractivity contribution < 1.29 is 14.3 Å². The predicted octanol–water partition coefficient (Wildman–Crippen LogP) is 5.17. The fourth-order valence-corrected chi connectivity index (χ4v) is 5.97. The number of carbonyl (C=O) groups is 2. The second-order valence-corrected chi connectivity index (χ2v) is 10.6. The summed E-state index contributed by atoms with van der Waals surface area (Å²) in [6.45, 7) is 10.0. The highest BCUT2D eigenvalue weighted by atomic mass is 16.5. The van der Waals surface area contributed by atoms with Crippen molar-refractivity contribution in [2.75, 3.05) is 31.1 Å². The van der Waals surface area contributed by atoms with Gasteiger partial charge in [0.2, 0.25) is 0 Å². The molecule has 34 heavy (non-hydrogen) atoms. The molecule has 3 aliphatic rings. The van der Waals surface area contributed by atoms with Crippen LogP contribution in [0.4, 0.5) is 10.5 Å². The number of amides is 2. The molecule has 4 rings (SSSR count). The summed E-state index contributed by atoms with van der Waals surface area (Å²) in [5.41, 5.74) is 3.78. The van der Waals surface area contributed by atoms with E-state index in [-0.39, 0.29) is 24.1 Å². The van der Waals surface area contributed by atoms with Crippen molar-refractivity contribution in [1.82, 2.24) is 9.80 Å². The fraction of sp³-hybridized carbons (Fsp3) is 0.714. The Balaban J connectivity index is 1.54. The highest BCUT2D eigenvalue weighted by molar-refractivity contribution is 5.95. The van der Waals surface area contributed by atoms with E-state index in [1.165, 1.54) is 36.8 Å². The molecule has 1 atom stereocenters. The summed E-state index contributed by atoms with van der Waals surface area (Å²) >= 11 is 0. The lowest BCUT2D eigenvalue weighted by Gasteiger charge is -2.30. The Morgan fingerprint density at radius 3 is 2.53 bits per heavy atom. The van der Waals surface area contributed by atoms with Gasteiger partial charge in [-0.1, -0.05) is 32.3 Å². The molecule has 0 radical (unpaired) electrons. The molecule has 6 nitrogen and oxygen atoms in total. The van der Waals surface area contributed by atoms with Crippen LogP contribution in [0.25, 0.3) is 0 Å². The Morgan fingerprint density at radius 2 is 1.82 bits per heavy atom. The summed E-state index contributed by atoms with van der Waals surface area (Å²) in [6, 6.07) is 7.09. The maximum absolute atomic E-state index is 13.7. The van der Waals surface area contributed by atoms with Crippen molar-refractivity contribution >= 4 is 17.7 Å². The Hall–Kier alpha value is -2.08. The minimum absolute atomic E-state index is 0.00885. The third-order valence-electron chi connectivity index (χ3n) is 7.69. The molecule has 0 bridgehead atoms. The predicted molar refractivity (Wildman–Crippen MR) is 136 cm³/mol. The van der Waals surface area contributed by atoms with Crippen molar-refractivity contribution in [2.24, 2.45) is 0 Å². The third-order valence-corrected chi connectivity index (χ3v) is 7.69. The maximum Gasteiger partial charge on any atom is 0.325 e. The number of rotatable bonds is 8. The quantitative estimate of drug-likeness (QED) is 0.493. The third kappa shape index (κ3) is 5.94. The van der Waals surface area contributed by atoms with Crippen LogP contribution in [0.3, 0.4) is 0 Å². The zero-order chi connectivity index (χ0) is 24.1. The summed E-state index contributed by atoms with van der Waals surface area (Å²) < 4.78 is 5.38.